The average molecular weight is 272 g/mol. The number of nitrogens with one attached hydrogen (secondary N) is 1. The molecule has 0 bridgehead atoms. The number of nitrogens with zero attached hydrogens (tertiary/aromatic N) is 2. The van der Waals surface area contributed by atoms with Gasteiger partial charge in [0.05, 0.1) is 22.4 Å². The quantitative estimate of drug-likeness (QED) is 0.897. The fraction of sp³-hybridized carbons (Fsp3) is 0.727. The van der Waals surface area contributed by atoms with Crippen LogP contribution >= 0.6 is 15.9 Å². The predicted octanol–water partition coefficient (Wildman–Crippen LogP) is 2.87. The van der Waals surface area contributed by atoms with Gasteiger partial charge >= 0.3 is 0 Å². The highest BCUT2D eigenvalue weighted by Crippen LogP contribution is 2.28. The van der Waals surface area contributed by atoms with Crippen molar-refractivity contribution in [1.82, 2.24) is 15.1 Å². The molecule has 1 aliphatic heterocycles. The van der Waals surface area contributed by atoms with Gasteiger partial charge in [-0.3, -0.25) is 4.68 Å². The first-order valence-corrected chi connectivity index (χ1v) is 6.56. The minimum Gasteiger partial charge on any atom is -0.309 e. The molecule has 1 N–H and O–H groups in total. The van der Waals surface area contributed by atoms with E-state index in [1.54, 1.807) is 0 Å². The van der Waals surface area contributed by atoms with Crippen molar-refractivity contribution in [3.8, 4) is 0 Å². The highest BCUT2D eigenvalue weighted by atomic mass is 79.9. The molecule has 0 spiro atoms. The van der Waals surface area contributed by atoms with Crippen molar-refractivity contribution in [2.45, 2.75) is 45.2 Å². The Balaban J connectivity index is 2.21. The Morgan fingerprint density at radius 3 is 3.20 bits per heavy atom. The van der Waals surface area contributed by atoms with Gasteiger partial charge in [-0.05, 0) is 42.2 Å². The van der Waals surface area contributed by atoms with E-state index in [1.807, 2.05) is 6.20 Å². The van der Waals surface area contributed by atoms with E-state index >= 15 is 0 Å². The smallest absolute Gasteiger partial charge is 0.0695 e. The van der Waals surface area contributed by atoms with Crippen molar-refractivity contribution < 1.29 is 0 Å². The third kappa shape index (κ3) is 2.42. The Morgan fingerprint density at radius 1 is 1.53 bits per heavy atom. The summed E-state index contributed by atoms with van der Waals surface area (Å²) >= 11 is 3.60. The second kappa shape index (κ2) is 5.12. The molecule has 1 aromatic heterocycles. The number of rotatable bonds is 2. The van der Waals surface area contributed by atoms with Crippen LogP contribution in [0.5, 0.6) is 0 Å². The maximum absolute atomic E-state index is 4.37. The Labute approximate surface area is 99.4 Å². The van der Waals surface area contributed by atoms with E-state index in [4.69, 9.17) is 0 Å². The maximum Gasteiger partial charge on any atom is 0.0695 e. The van der Waals surface area contributed by atoms with Gasteiger partial charge in [0, 0.05) is 6.54 Å². The van der Waals surface area contributed by atoms with Crippen LogP contribution in [0.25, 0.3) is 0 Å². The number of hydrogen-bond acceptors (Lipinski definition) is 2. The zero-order valence-corrected chi connectivity index (χ0v) is 10.8. The second-order valence-electron chi connectivity index (χ2n) is 4.05. The zero-order chi connectivity index (χ0) is 10.7. The molecule has 0 amide bonds. The summed E-state index contributed by atoms with van der Waals surface area (Å²) in [5.74, 6) is 0. The number of aryl methyl sites for hydroxylation is 1. The molecule has 3 nitrogen and oxygen atoms in total. The summed E-state index contributed by atoms with van der Waals surface area (Å²) in [6.45, 7) is 4.21. The molecule has 1 saturated heterocycles. The van der Waals surface area contributed by atoms with Crippen molar-refractivity contribution in [2.24, 2.45) is 0 Å². The van der Waals surface area contributed by atoms with Crippen molar-refractivity contribution in [1.29, 1.82) is 0 Å². The Bertz CT molecular complexity index is 314. The Morgan fingerprint density at radius 2 is 2.40 bits per heavy atom. The molecular formula is C11H18BrN3. The minimum atomic E-state index is 0.476. The lowest BCUT2D eigenvalue weighted by atomic mass is 10.1. The van der Waals surface area contributed by atoms with Crippen LogP contribution in [0.3, 0.4) is 0 Å². The number of halogens is 1. The average Bonchev–Trinajstić information content (AvgIpc) is 2.48. The van der Waals surface area contributed by atoms with Gasteiger partial charge in [0.15, 0.2) is 0 Å². The van der Waals surface area contributed by atoms with Crippen LogP contribution in [0.1, 0.15) is 44.3 Å². The molecule has 0 radical (unpaired) electrons. The largest absolute Gasteiger partial charge is 0.309 e. The molecule has 0 aromatic carbocycles. The van der Waals surface area contributed by atoms with E-state index < -0.39 is 0 Å². The van der Waals surface area contributed by atoms with Gasteiger partial charge in [-0.15, -0.1) is 0 Å². The second-order valence-corrected chi connectivity index (χ2v) is 4.90. The molecule has 1 atom stereocenters. The highest BCUT2D eigenvalue weighted by Gasteiger charge is 2.20. The summed E-state index contributed by atoms with van der Waals surface area (Å²) in [5.41, 5.74) is 1.32. The lowest BCUT2D eigenvalue weighted by Crippen LogP contribution is -2.23. The van der Waals surface area contributed by atoms with E-state index in [-0.39, 0.29) is 0 Å². The van der Waals surface area contributed by atoms with Crippen LogP contribution in [0.15, 0.2) is 10.7 Å². The highest BCUT2D eigenvalue weighted by molar-refractivity contribution is 9.10. The van der Waals surface area contributed by atoms with Crippen molar-refractivity contribution >= 4 is 15.9 Å². The molecule has 84 valence electrons. The summed E-state index contributed by atoms with van der Waals surface area (Å²) in [6.07, 6.45) is 7.10. The lowest BCUT2D eigenvalue weighted by Gasteiger charge is -2.17. The monoisotopic (exact) mass is 271 g/mol. The topological polar surface area (TPSA) is 29.9 Å². The van der Waals surface area contributed by atoms with Crippen LogP contribution < -0.4 is 5.32 Å². The van der Waals surface area contributed by atoms with Gasteiger partial charge in [0.2, 0.25) is 0 Å². The maximum atomic E-state index is 4.37. The first-order chi connectivity index (χ1) is 7.33. The summed E-state index contributed by atoms with van der Waals surface area (Å²) < 4.78 is 3.23. The molecule has 1 unspecified atom stereocenters. The molecular weight excluding hydrogens is 254 g/mol. The summed E-state index contributed by atoms with van der Waals surface area (Å²) in [6, 6.07) is 0.476. The number of aromatic nitrogens is 2. The van der Waals surface area contributed by atoms with Crippen molar-refractivity contribution in [2.75, 3.05) is 6.54 Å². The normalized spacial score (nSPS) is 22.7. The molecule has 2 rings (SSSR count). The number of hydrogen-bond donors (Lipinski definition) is 1. The SMILES string of the molecule is CCn1ncc(Br)c1C1CCCCCN1. The summed E-state index contributed by atoms with van der Waals surface area (Å²) in [4.78, 5) is 0. The van der Waals surface area contributed by atoms with Crippen LogP contribution in [0.4, 0.5) is 0 Å². The first kappa shape index (κ1) is 11.1. The van der Waals surface area contributed by atoms with E-state index in [9.17, 15) is 0 Å². The predicted molar refractivity (Wildman–Crippen MR) is 64.8 cm³/mol. The molecule has 1 aliphatic rings. The van der Waals surface area contributed by atoms with E-state index in [1.165, 1.54) is 31.4 Å². The van der Waals surface area contributed by atoms with Crippen LogP contribution in [-0.2, 0) is 6.54 Å². The molecule has 4 heteroatoms. The van der Waals surface area contributed by atoms with Gasteiger partial charge in [0.25, 0.3) is 0 Å². The van der Waals surface area contributed by atoms with Crippen molar-refractivity contribution in [3.05, 3.63) is 16.4 Å². The van der Waals surface area contributed by atoms with Crippen molar-refractivity contribution in [3.63, 3.8) is 0 Å². The summed E-state index contributed by atoms with van der Waals surface area (Å²) in [5, 5.41) is 7.98. The van der Waals surface area contributed by atoms with Gasteiger partial charge in [-0.25, -0.2) is 0 Å². The fourth-order valence-electron chi connectivity index (χ4n) is 2.23. The Hall–Kier alpha value is -0.350. The molecule has 2 heterocycles. The van der Waals surface area contributed by atoms with Gasteiger partial charge in [-0.1, -0.05) is 12.8 Å². The summed E-state index contributed by atoms with van der Waals surface area (Å²) in [7, 11) is 0. The van der Waals surface area contributed by atoms with E-state index in [2.05, 4.69) is 38.0 Å². The van der Waals surface area contributed by atoms with Gasteiger partial charge in [-0.2, -0.15) is 5.10 Å². The van der Waals surface area contributed by atoms with E-state index in [0.29, 0.717) is 6.04 Å². The minimum absolute atomic E-state index is 0.476. The van der Waals surface area contributed by atoms with Crippen LogP contribution in [0, 0.1) is 0 Å². The lowest BCUT2D eigenvalue weighted by molar-refractivity contribution is 0.478. The molecule has 15 heavy (non-hydrogen) atoms. The van der Waals surface area contributed by atoms with Gasteiger partial charge in [0.1, 0.15) is 0 Å². The zero-order valence-electron chi connectivity index (χ0n) is 9.17. The van der Waals surface area contributed by atoms with E-state index in [0.717, 1.165) is 17.6 Å². The third-order valence-corrected chi connectivity index (χ3v) is 3.63. The van der Waals surface area contributed by atoms with Gasteiger partial charge < -0.3 is 5.32 Å². The standard InChI is InChI=1S/C11H18BrN3/c1-2-15-11(9(12)8-14-15)10-6-4-3-5-7-13-10/h8,10,13H,2-7H2,1H3. The van der Waals surface area contributed by atoms with Crippen LogP contribution in [0.2, 0.25) is 0 Å². The Kier molecular flexibility index (Phi) is 3.81. The molecule has 1 aromatic rings. The fourth-order valence-corrected chi connectivity index (χ4v) is 2.80. The first-order valence-electron chi connectivity index (χ1n) is 5.77. The third-order valence-electron chi connectivity index (χ3n) is 3.02. The molecule has 1 fully saturated rings. The molecule has 0 saturated carbocycles. The van der Waals surface area contributed by atoms with Crippen LogP contribution in [-0.4, -0.2) is 16.3 Å². The molecule has 0 aliphatic carbocycles.